The molecule has 0 aliphatic heterocycles. The maximum atomic E-state index is 5.96. The highest BCUT2D eigenvalue weighted by Crippen LogP contribution is 2.26. The first-order chi connectivity index (χ1) is 7.29. The van der Waals surface area contributed by atoms with E-state index in [1.807, 2.05) is 11.3 Å². The van der Waals surface area contributed by atoms with Crippen molar-refractivity contribution in [3.05, 3.63) is 15.6 Å². The van der Waals surface area contributed by atoms with Crippen LogP contribution in [0.25, 0.3) is 0 Å². The number of hydrogen-bond donors (Lipinski definition) is 1. The molecule has 1 heterocycles. The number of aromatic nitrogens is 1. The van der Waals surface area contributed by atoms with E-state index < -0.39 is 0 Å². The first-order valence-electron chi connectivity index (χ1n) is 6.02. The number of rotatable bonds is 3. The molecule has 0 fully saturated rings. The van der Waals surface area contributed by atoms with E-state index in [9.17, 15) is 0 Å². The molecule has 2 N–H and O–H groups in total. The summed E-state index contributed by atoms with van der Waals surface area (Å²) in [5.74, 6) is 0. The van der Waals surface area contributed by atoms with Gasteiger partial charge in [0.2, 0.25) is 0 Å². The maximum absolute atomic E-state index is 5.96. The SMILES string of the molecule is CCC(N)Cc1nc2c(s1)CCCCC2. The van der Waals surface area contributed by atoms with Crippen molar-refractivity contribution in [1.82, 2.24) is 4.98 Å². The molecule has 0 amide bonds. The van der Waals surface area contributed by atoms with Crippen LogP contribution in [0.4, 0.5) is 0 Å². The van der Waals surface area contributed by atoms with Crippen molar-refractivity contribution in [2.45, 2.75) is 57.9 Å². The molecule has 0 radical (unpaired) electrons. The minimum absolute atomic E-state index is 0.291. The lowest BCUT2D eigenvalue weighted by Crippen LogP contribution is -2.21. The van der Waals surface area contributed by atoms with Crippen LogP contribution in [-0.4, -0.2) is 11.0 Å². The molecule has 1 aliphatic rings. The summed E-state index contributed by atoms with van der Waals surface area (Å²) in [6.07, 6.45) is 8.47. The van der Waals surface area contributed by atoms with Gasteiger partial charge in [-0.15, -0.1) is 11.3 Å². The fraction of sp³-hybridized carbons (Fsp3) is 0.750. The monoisotopic (exact) mass is 224 g/mol. The number of nitrogens with two attached hydrogens (primary N) is 1. The zero-order chi connectivity index (χ0) is 10.7. The molecule has 0 saturated heterocycles. The van der Waals surface area contributed by atoms with Crippen LogP contribution in [-0.2, 0) is 19.3 Å². The van der Waals surface area contributed by atoms with E-state index in [2.05, 4.69) is 6.92 Å². The predicted octanol–water partition coefficient (Wildman–Crippen LogP) is 2.69. The summed E-state index contributed by atoms with van der Waals surface area (Å²) in [6, 6.07) is 0.291. The topological polar surface area (TPSA) is 38.9 Å². The Labute approximate surface area is 95.9 Å². The highest BCUT2D eigenvalue weighted by atomic mass is 32.1. The Hall–Kier alpha value is -0.410. The Balaban J connectivity index is 2.08. The van der Waals surface area contributed by atoms with Gasteiger partial charge in [-0.25, -0.2) is 4.98 Å². The van der Waals surface area contributed by atoms with E-state index >= 15 is 0 Å². The zero-order valence-corrected chi connectivity index (χ0v) is 10.3. The fourth-order valence-electron chi connectivity index (χ4n) is 2.04. The van der Waals surface area contributed by atoms with E-state index in [0.717, 1.165) is 12.8 Å². The van der Waals surface area contributed by atoms with E-state index in [1.54, 1.807) is 0 Å². The second-order valence-corrected chi connectivity index (χ2v) is 5.58. The summed E-state index contributed by atoms with van der Waals surface area (Å²) >= 11 is 1.90. The van der Waals surface area contributed by atoms with Crippen molar-refractivity contribution in [3.63, 3.8) is 0 Å². The van der Waals surface area contributed by atoms with Crippen LogP contribution in [0.3, 0.4) is 0 Å². The molecule has 3 heteroatoms. The summed E-state index contributed by atoms with van der Waals surface area (Å²) in [4.78, 5) is 6.27. The van der Waals surface area contributed by atoms with E-state index in [1.165, 1.54) is 47.7 Å². The Morgan fingerprint density at radius 2 is 2.13 bits per heavy atom. The lowest BCUT2D eigenvalue weighted by Gasteiger charge is -2.04. The van der Waals surface area contributed by atoms with Gasteiger partial charge in [0.05, 0.1) is 10.7 Å². The van der Waals surface area contributed by atoms with Gasteiger partial charge >= 0.3 is 0 Å². The lowest BCUT2D eigenvalue weighted by atomic mass is 10.2. The Morgan fingerprint density at radius 3 is 2.93 bits per heavy atom. The van der Waals surface area contributed by atoms with E-state index in [-0.39, 0.29) is 0 Å². The van der Waals surface area contributed by atoms with E-state index in [0.29, 0.717) is 6.04 Å². The number of thiazole rings is 1. The highest BCUT2D eigenvalue weighted by Gasteiger charge is 2.14. The molecule has 2 nitrogen and oxygen atoms in total. The summed E-state index contributed by atoms with van der Waals surface area (Å²) in [5, 5.41) is 1.26. The van der Waals surface area contributed by atoms with Crippen LogP contribution in [0.15, 0.2) is 0 Å². The summed E-state index contributed by atoms with van der Waals surface area (Å²) in [6.45, 7) is 2.14. The van der Waals surface area contributed by atoms with Crippen LogP contribution >= 0.6 is 11.3 Å². The average Bonchev–Trinajstić information content (AvgIpc) is 2.48. The second kappa shape index (κ2) is 5.08. The van der Waals surface area contributed by atoms with Crippen molar-refractivity contribution < 1.29 is 0 Å². The van der Waals surface area contributed by atoms with Gasteiger partial charge in [0.25, 0.3) is 0 Å². The van der Waals surface area contributed by atoms with Gasteiger partial charge in [-0.2, -0.15) is 0 Å². The van der Waals surface area contributed by atoms with Gasteiger partial charge in [-0.1, -0.05) is 13.3 Å². The van der Waals surface area contributed by atoms with Crippen molar-refractivity contribution >= 4 is 11.3 Å². The minimum atomic E-state index is 0.291. The third kappa shape index (κ3) is 2.79. The van der Waals surface area contributed by atoms with Crippen LogP contribution < -0.4 is 5.73 Å². The first kappa shape index (κ1) is 11.1. The quantitative estimate of drug-likeness (QED) is 0.802. The number of aryl methyl sites for hydroxylation is 2. The Bertz CT molecular complexity index is 296. The van der Waals surface area contributed by atoms with E-state index in [4.69, 9.17) is 10.7 Å². The number of hydrogen-bond acceptors (Lipinski definition) is 3. The summed E-state index contributed by atoms with van der Waals surface area (Å²) < 4.78 is 0. The molecule has 0 bridgehead atoms. The third-order valence-electron chi connectivity index (χ3n) is 3.10. The van der Waals surface area contributed by atoms with Gasteiger partial charge in [-0.3, -0.25) is 0 Å². The highest BCUT2D eigenvalue weighted by molar-refractivity contribution is 7.11. The van der Waals surface area contributed by atoms with Gasteiger partial charge in [-0.05, 0) is 32.1 Å². The molecular weight excluding hydrogens is 204 g/mol. The van der Waals surface area contributed by atoms with Crippen LogP contribution in [0.2, 0.25) is 0 Å². The summed E-state index contributed by atoms with van der Waals surface area (Å²) in [7, 11) is 0. The second-order valence-electron chi connectivity index (χ2n) is 4.41. The first-order valence-corrected chi connectivity index (χ1v) is 6.84. The predicted molar refractivity (Wildman–Crippen MR) is 65.3 cm³/mol. The number of nitrogens with zero attached hydrogens (tertiary/aromatic N) is 1. The third-order valence-corrected chi connectivity index (χ3v) is 4.28. The maximum Gasteiger partial charge on any atom is 0.0946 e. The molecule has 1 aromatic heterocycles. The smallest absolute Gasteiger partial charge is 0.0946 e. The Morgan fingerprint density at radius 1 is 1.33 bits per heavy atom. The molecule has 2 rings (SSSR count). The van der Waals surface area contributed by atoms with Crippen LogP contribution in [0.5, 0.6) is 0 Å². The van der Waals surface area contributed by atoms with Crippen LogP contribution in [0.1, 0.15) is 48.2 Å². The molecule has 1 atom stereocenters. The fourth-order valence-corrected chi connectivity index (χ4v) is 3.29. The Kier molecular flexibility index (Phi) is 3.76. The van der Waals surface area contributed by atoms with Crippen molar-refractivity contribution in [2.24, 2.45) is 5.73 Å². The molecule has 0 saturated carbocycles. The van der Waals surface area contributed by atoms with Crippen LogP contribution in [0, 0.1) is 0 Å². The normalized spacial score (nSPS) is 18.3. The lowest BCUT2D eigenvalue weighted by molar-refractivity contribution is 0.641. The minimum Gasteiger partial charge on any atom is -0.327 e. The molecule has 0 aromatic carbocycles. The molecule has 0 spiro atoms. The molecule has 15 heavy (non-hydrogen) atoms. The van der Waals surface area contributed by atoms with Gasteiger partial charge in [0.1, 0.15) is 0 Å². The standard InChI is InChI=1S/C12H20N2S/c1-2-9(13)8-12-14-10-6-4-3-5-7-11(10)15-12/h9H,2-8,13H2,1H3. The zero-order valence-electron chi connectivity index (χ0n) is 9.46. The molecule has 84 valence electrons. The average molecular weight is 224 g/mol. The molecule has 1 aromatic rings. The van der Waals surface area contributed by atoms with Crippen molar-refractivity contribution in [1.29, 1.82) is 0 Å². The molecule has 1 unspecified atom stereocenters. The van der Waals surface area contributed by atoms with Crippen molar-refractivity contribution in [3.8, 4) is 0 Å². The van der Waals surface area contributed by atoms with Gasteiger partial charge in [0.15, 0.2) is 0 Å². The number of fused-ring (bicyclic) bond motifs is 1. The van der Waals surface area contributed by atoms with Gasteiger partial charge in [0, 0.05) is 17.3 Å². The summed E-state index contributed by atoms with van der Waals surface area (Å²) in [5.41, 5.74) is 7.33. The largest absolute Gasteiger partial charge is 0.327 e. The molecular formula is C12H20N2S. The van der Waals surface area contributed by atoms with Crippen molar-refractivity contribution in [2.75, 3.05) is 0 Å². The molecule has 1 aliphatic carbocycles. The van der Waals surface area contributed by atoms with Gasteiger partial charge < -0.3 is 5.73 Å².